The summed E-state index contributed by atoms with van der Waals surface area (Å²) in [6.45, 7) is 0.722. The lowest BCUT2D eigenvalue weighted by Gasteiger charge is -2.18. The highest BCUT2D eigenvalue weighted by Crippen LogP contribution is 2.33. The molecule has 0 bridgehead atoms. The molecule has 0 fully saturated rings. The van der Waals surface area contributed by atoms with Crippen LogP contribution in [0.4, 0.5) is 0 Å². The van der Waals surface area contributed by atoms with Gasteiger partial charge in [0.2, 0.25) is 0 Å². The monoisotopic (exact) mass is 294 g/mol. The summed E-state index contributed by atoms with van der Waals surface area (Å²) in [4.78, 5) is 0. The minimum atomic E-state index is -0.00685. The normalized spacial score (nSPS) is 11.9. The predicted molar refractivity (Wildman–Crippen MR) is 87.6 cm³/mol. The van der Waals surface area contributed by atoms with Crippen LogP contribution in [0.5, 0.6) is 5.75 Å². The third-order valence-corrected chi connectivity index (χ3v) is 3.49. The summed E-state index contributed by atoms with van der Waals surface area (Å²) in [6.07, 6.45) is 2.99. The van der Waals surface area contributed by atoms with Gasteiger partial charge in [-0.2, -0.15) is 0 Å². The lowest BCUT2D eigenvalue weighted by Crippen LogP contribution is -2.13. The molecule has 110 valence electrons. The zero-order valence-corrected chi connectivity index (χ0v) is 12.7. The molecular weight excluding hydrogens is 272 g/mol. The molecule has 4 heteroatoms. The van der Waals surface area contributed by atoms with Crippen molar-refractivity contribution < 1.29 is 4.74 Å². The maximum atomic E-state index is 6.36. The summed E-state index contributed by atoms with van der Waals surface area (Å²) in [5.41, 5.74) is 13.0. The lowest BCUT2D eigenvalue weighted by atomic mass is 9.95. The lowest BCUT2D eigenvalue weighted by molar-refractivity contribution is 0.404. The molecule has 0 heterocycles. The Morgan fingerprint density at radius 2 is 1.85 bits per heavy atom. The Kier molecular flexibility index (Phi) is 6.79. The molecule has 0 aliphatic heterocycles. The number of methoxy groups -OCH3 is 1. The summed E-state index contributed by atoms with van der Waals surface area (Å²) >= 11 is 0. The molecule has 3 nitrogen and oxygen atoms in total. The zero-order valence-electron chi connectivity index (χ0n) is 11.8. The van der Waals surface area contributed by atoms with Gasteiger partial charge in [-0.05, 0) is 36.2 Å². The Morgan fingerprint density at radius 3 is 2.55 bits per heavy atom. The quantitative estimate of drug-likeness (QED) is 0.803. The average Bonchev–Trinajstić information content (AvgIpc) is 2.46. The van der Waals surface area contributed by atoms with E-state index in [1.54, 1.807) is 7.11 Å². The van der Waals surface area contributed by atoms with Crippen molar-refractivity contribution in [1.82, 2.24) is 0 Å². The van der Waals surface area contributed by atoms with Gasteiger partial charge >= 0.3 is 0 Å². The van der Waals surface area contributed by atoms with E-state index in [4.69, 9.17) is 16.2 Å². The van der Waals surface area contributed by atoms with Gasteiger partial charge in [-0.25, -0.2) is 0 Å². The van der Waals surface area contributed by atoms with Crippen molar-refractivity contribution in [1.29, 1.82) is 0 Å². The molecule has 2 rings (SSSR count). The summed E-state index contributed by atoms with van der Waals surface area (Å²) in [5.74, 6) is 0.874. The number of halogens is 1. The van der Waals surface area contributed by atoms with E-state index in [1.165, 1.54) is 10.8 Å². The van der Waals surface area contributed by atoms with E-state index in [0.29, 0.717) is 0 Å². The molecule has 0 unspecified atom stereocenters. The minimum Gasteiger partial charge on any atom is -0.496 e. The summed E-state index contributed by atoms with van der Waals surface area (Å²) < 4.78 is 5.48. The highest BCUT2D eigenvalue weighted by molar-refractivity contribution is 5.88. The van der Waals surface area contributed by atoms with Crippen LogP contribution in [0.2, 0.25) is 0 Å². The van der Waals surface area contributed by atoms with Gasteiger partial charge in [0.05, 0.1) is 7.11 Å². The third kappa shape index (κ3) is 3.63. The number of rotatable bonds is 6. The van der Waals surface area contributed by atoms with E-state index < -0.39 is 0 Å². The summed E-state index contributed by atoms with van der Waals surface area (Å²) in [7, 11) is 1.69. The maximum absolute atomic E-state index is 6.36. The van der Waals surface area contributed by atoms with Crippen LogP contribution >= 0.6 is 12.4 Å². The fourth-order valence-electron chi connectivity index (χ4n) is 2.49. The molecule has 0 aromatic heterocycles. The van der Waals surface area contributed by atoms with Gasteiger partial charge in [0, 0.05) is 11.6 Å². The molecule has 0 amide bonds. The molecule has 2 aromatic rings. The first-order chi connectivity index (χ1) is 9.27. The number of nitrogens with two attached hydrogens (primary N) is 2. The van der Waals surface area contributed by atoms with Gasteiger partial charge in [-0.1, -0.05) is 36.8 Å². The Balaban J connectivity index is 0.00000200. The van der Waals surface area contributed by atoms with Crippen molar-refractivity contribution >= 4 is 23.2 Å². The largest absolute Gasteiger partial charge is 0.496 e. The number of hydrogen-bond acceptors (Lipinski definition) is 3. The van der Waals surface area contributed by atoms with E-state index in [1.807, 2.05) is 18.2 Å². The molecule has 0 spiro atoms. The molecule has 0 aliphatic carbocycles. The van der Waals surface area contributed by atoms with Crippen molar-refractivity contribution in [3.05, 3.63) is 42.0 Å². The molecule has 0 saturated carbocycles. The molecule has 4 N–H and O–H groups in total. The van der Waals surface area contributed by atoms with Gasteiger partial charge < -0.3 is 16.2 Å². The van der Waals surface area contributed by atoms with Gasteiger partial charge in [0.15, 0.2) is 0 Å². The highest BCUT2D eigenvalue weighted by Gasteiger charge is 2.15. The van der Waals surface area contributed by atoms with Gasteiger partial charge in [-0.3, -0.25) is 0 Å². The van der Waals surface area contributed by atoms with Crippen molar-refractivity contribution in [3.63, 3.8) is 0 Å². The van der Waals surface area contributed by atoms with Crippen LogP contribution in [0.3, 0.4) is 0 Å². The van der Waals surface area contributed by atoms with E-state index in [0.717, 1.165) is 37.1 Å². The van der Waals surface area contributed by atoms with Crippen molar-refractivity contribution in [2.75, 3.05) is 13.7 Å². The number of ether oxygens (including phenoxy) is 1. The Labute approximate surface area is 126 Å². The zero-order chi connectivity index (χ0) is 13.7. The SMILES string of the molecule is COc1ccc2ccccc2c1[C@@H](N)CCCCN.Cl. The van der Waals surface area contributed by atoms with Crippen LogP contribution in [0.25, 0.3) is 10.8 Å². The molecule has 0 saturated heterocycles. The van der Waals surface area contributed by atoms with Gasteiger partial charge in [0.25, 0.3) is 0 Å². The topological polar surface area (TPSA) is 61.3 Å². The molecule has 0 aliphatic rings. The van der Waals surface area contributed by atoms with Crippen LogP contribution < -0.4 is 16.2 Å². The fourth-order valence-corrected chi connectivity index (χ4v) is 2.49. The Bertz CT molecular complexity index is 545. The predicted octanol–water partition coefficient (Wildman–Crippen LogP) is 3.40. The summed E-state index contributed by atoms with van der Waals surface area (Å²) in [5, 5.41) is 2.38. The van der Waals surface area contributed by atoms with Crippen LogP contribution in [0.1, 0.15) is 30.9 Å². The molecule has 0 radical (unpaired) electrons. The Hall–Kier alpha value is -1.29. The van der Waals surface area contributed by atoms with Crippen molar-refractivity contribution in [2.45, 2.75) is 25.3 Å². The maximum Gasteiger partial charge on any atom is 0.124 e. The first-order valence-corrected chi connectivity index (χ1v) is 6.79. The van der Waals surface area contributed by atoms with Crippen LogP contribution in [-0.4, -0.2) is 13.7 Å². The number of unbranched alkanes of at least 4 members (excludes halogenated alkanes) is 1. The number of benzene rings is 2. The van der Waals surface area contributed by atoms with Gasteiger partial charge in [-0.15, -0.1) is 12.4 Å². The number of fused-ring (bicyclic) bond motifs is 1. The van der Waals surface area contributed by atoms with Crippen LogP contribution in [-0.2, 0) is 0 Å². The average molecular weight is 295 g/mol. The first-order valence-electron chi connectivity index (χ1n) is 6.79. The second kappa shape index (κ2) is 8.10. The molecular formula is C16H23ClN2O. The molecule has 20 heavy (non-hydrogen) atoms. The van der Waals surface area contributed by atoms with Crippen molar-refractivity contribution in [3.8, 4) is 5.75 Å². The highest BCUT2D eigenvalue weighted by atomic mass is 35.5. The van der Waals surface area contributed by atoms with E-state index in [2.05, 4.69) is 18.2 Å². The van der Waals surface area contributed by atoms with Crippen LogP contribution in [0, 0.1) is 0 Å². The van der Waals surface area contributed by atoms with E-state index in [9.17, 15) is 0 Å². The van der Waals surface area contributed by atoms with Gasteiger partial charge in [0.1, 0.15) is 5.75 Å². The second-order valence-electron chi connectivity index (χ2n) is 4.79. The van der Waals surface area contributed by atoms with Crippen molar-refractivity contribution in [2.24, 2.45) is 11.5 Å². The minimum absolute atomic E-state index is 0. The smallest absolute Gasteiger partial charge is 0.124 e. The van der Waals surface area contributed by atoms with E-state index >= 15 is 0 Å². The molecule has 1 atom stereocenters. The molecule has 2 aromatic carbocycles. The fraction of sp³-hybridized carbons (Fsp3) is 0.375. The number of hydrogen-bond donors (Lipinski definition) is 2. The van der Waals surface area contributed by atoms with Crippen LogP contribution in [0.15, 0.2) is 36.4 Å². The first kappa shape index (κ1) is 16.8. The second-order valence-corrected chi connectivity index (χ2v) is 4.79. The summed E-state index contributed by atoms with van der Waals surface area (Å²) in [6, 6.07) is 12.4. The third-order valence-electron chi connectivity index (χ3n) is 3.49. The van der Waals surface area contributed by atoms with E-state index in [-0.39, 0.29) is 18.4 Å². The Morgan fingerprint density at radius 1 is 1.10 bits per heavy atom. The standard InChI is InChI=1S/C16H22N2O.ClH/c1-19-15-10-9-12-6-2-3-7-13(12)16(15)14(18)8-4-5-11-17;/h2-3,6-7,9-10,14H,4-5,8,11,17-18H2,1H3;1H/t14-;/m0./s1.